The zero-order valence-corrected chi connectivity index (χ0v) is 16.4. The number of ether oxygens (including phenoxy) is 1. The van der Waals surface area contributed by atoms with Crippen molar-refractivity contribution in [3.05, 3.63) is 51.9 Å². The van der Waals surface area contributed by atoms with Crippen LogP contribution in [0.25, 0.3) is 10.2 Å². The van der Waals surface area contributed by atoms with Crippen molar-refractivity contribution in [2.45, 2.75) is 26.9 Å². The van der Waals surface area contributed by atoms with E-state index in [4.69, 9.17) is 14.7 Å². The van der Waals surface area contributed by atoms with Crippen molar-refractivity contribution < 1.29 is 9.13 Å². The summed E-state index contributed by atoms with van der Waals surface area (Å²) in [5, 5.41) is 4.39. The summed E-state index contributed by atoms with van der Waals surface area (Å²) in [5.41, 5.74) is 1.81. The lowest BCUT2D eigenvalue weighted by molar-refractivity contribution is 0.0331. The molecule has 0 atom stereocenters. The van der Waals surface area contributed by atoms with Crippen LogP contribution in [0.4, 0.5) is 10.2 Å². The molecule has 142 valence electrons. The van der Waals surface area contributed by atoms with Crippen LogP contribution in [0.2, 0.25) is 0 Å². The summed E-state index contributed by atoms with van der Waals surface area (Å²) < 4.78 is 19.4. The number of halogens is 1. The van der Waals surface area contributed by atoms with E-state index in [0.29, 0.717) is 18.7 Å². The monoisotopic (exact) mass is 386 g/mol. The molecule has 2 aromatic heterocycles. The summed E-state index contributed by atoms with van der Waals surface area (Å²) in [7, 11) is 0. The second kappa shape index (κ2) is 7.88. The minimum atomic E-state index is -0.206. The highest BCUT2D eigenvalue weighted by Gasteiger charge is 2.18. The van der Waals surface area contributed by atoms with Crippen LogP contribution < -0.4 is 5.32 Å². The number of fused-ring (bicyclic) bond motifs is 1. The topological polar surface area (TPSA) is 50.3 Å². The molecule has 1 aromatic carbocycles. The van der Waals surface area contributed by atoms with Gasteiger partial charge in [-0.1, -0.05) is 18.2 Å². The standard InChI is InChI=1S/C20H23FN4OS/c1-13-14(2)27-20-18(13)19(22-11-15-5-3-4-6-16(15)21)23-17(24-20)12-25-7-9-26-10-8-25/h3-6H,7-12H2,1-2H3,(H,22,23,24). The lowest BCUT2D eigenvalue weighted by Crippen LogP contribution is -2.36. The molecule has 4 rings (SSSR count). The van der Waals surface area contributed by atoms with Gasteiger partial charge in [-0.2, -0.15) is 0 Å². The van der Waals surface area contributed by atoms with Crippen molar-refractivity contribution in [3.8, 4) is 0 Å². The zero-order valence-electron chi connectivity index (χ0n) is 15.6. The Morgan fingerprint density at radius 2 is 1.96 bits per heavy atom. The summed E-state index contributed by atoms with van der Waals surface area (Å²) in [5.74, 6) is 1.37. The maximum Gasteiger partial charge on any atom is 0.146 e. The van der Waals surface area contributed by atoms with Crippen molar-refractivity contribution in [1.29, 1.82) is 0 Å². The number of nitrogens with zero attached hydrogens (tertiary/aromatic N) is 3. The Balaban J connectivity index is 1.65. The molecular weight excluding hydrogens is 363 g/mol. The molecule has 0 unspecified atom stereocenters. The van der Waals surface area contributed by atoms with E-state index < -0.39 is 0 Å². The van der Waals surface area contributed by atoms with Gasteiger partial charge in [-0.15, -0.1) is 11.3 Å². The smallest absolute Gasteiger partial charge is 0.146 e. The third-order valence-electron chi connectivity index (χ3n) is 4.95. The van der Waals surface area contributed by atoms with E-state index in [9.17, 15) is 4.39 Å². The molecule has 1 aliphatic heterocycles. The van der Waals surface area contributed by atoms with E-state index in [1.807, 2.05) is 6.07 Å². The summed E-state index contributed by atoms with van der Waals surface area (Å²) >= 11 is 1.69. The van der Waals surface area contributed by atoms with E-state index >= 15 is 0 Å². The van der Waals surface area contributed by atoms with Crippen LogP contribution in [0.5, 0.6) is 0 Å². The molecular formula is C20H23FN4OS. The van der Waals surface area contributed by atoms with Crippen molar-refractivity contribution in [2.24, 2.45) is 0 Å². The molecule has 1 fully saturated rings. The fourth-order valence-corrected chi connectivity index (χ4v) is 4.32. The number of aryl methyl sites for hydroxylation is 2. The fraction of sp³-hybridized carbons (Fsp3) is 0.400. The first kappa shape index (κ1) is 18.3. The van der Waals surface area contributed by atoms with Crippen LogP contribution >= 0.6 is 11.3 Å². The summed E-state index contributed by atoms with van der Waals surface area (Å²) in [6.45, 7) is 8.56. The fourth-order valence-electron chi connectivity index (χ4n) is 3.27. The number of hydrogen-bond donors (Lipinski definition) is 1. The Hall–Kier alpha value is -2.09. The largest absolute Gasteiger partial charge is 0.379 e. The molecule has 1 aliphatic rings. The van der Waals surface area contributed by atoms with Gasteiger partial charge >= 0.3 is 0 Å². The highest BCUT2D eigenvalue weighted by Crippen LogP contribution is 2.33. The molecule has 5 nitrogen and oxygen atoms in total. The second-order valence-corrected chi connectivity index (χ2v) is 7.99. The third-order valence-corrected chi connectivity index (χ3v) is 6.05. The Kier molecular flexibility index (Phi) is 5.33. The van der Waals surface area contributed by atoms with Crippen LogP contribution in [0.1, 0.15) is 21.8 Å². The second-order valence-electron chi connectivity index (χ2n) is 6.79. The molecule has 0 bridgehead atoms. The highest BCUT2D eigenvalue weighted by atomic mass is 32.1. The summed E-state index contributed by atoms with van der Waals surface area (Å²) in [6, 6.07) is 6.82. The minimum absolute atomic E-state index is 0.206. The number of morpholine rings is 1. The molecule has 1 saturated heterocycles. The van der Waals surface area contributed by atoms with E-state index in [0.717, 1.165) is 48.2 Å². The van der Waals surface area contributed by atoms with Gasteiger partial charge in [-0.05, 0) is 25.5 Å². The zero-order chi connectivity index (χ0) is 18.8. The molecule has 0 spiro atoms. The van der Waals surface area contributed by atoms with Gasteiger partial charge in [0.25, 0.3) is 0 Å². The number of benzene rings is 1. The first-order valence-corrected chi connectivity index (χ1v) is 9.97. The SMILES string of the molecule is Cc1sc2nc(CN3CCOCC3)nc(NCc3ccccc3F)c2c1C. The van der Waals surface area contributed by atoms with E-state index in [1.165, 1.54) is 16.5 Å². The molecule has 1 N–H and O–H groups in total. The average Bonchev–Trinajstić information content (AvgIpc) is 2.96. The van der Waals surface area contributed by atoms with Crippen LogP contribution in [-0.4, -0.2) is 41.2 Å². The van der Waals surface area contributed by atoms with Crippen LogP contribution in [0.15, 0.2) is 24.3 Å². The van der Waals surface area contributed by atoms with E-state index in [-0.39, 0.29) is 5.82 Å². The molecule has 7 heteroatoms. The first-order chi connectivity index (χ1) is 13.1. The van der Waals surface area contributed by atoms with Crippen molar-refractivity contribution in [1.82, 2.24) is 14.9 Å². The molecule has 0 saturated carbocycles. The van der Waals surface area contributed by atoms with Gasteiger partial charge in [0, 0.05) is 30.1 Å². The minimum Gasteiger partial charge on any atom is -0.379 e. The molecule has 3 aromatic rings. The maximum atomic E-state index is 14.0. The van der Waals surface area contributed by atoms with Gasteiger partial charge in [0.05, 0.1) is 25.1 Å². The Morgan fingerprint density at radius 1 is 1.19 bits per heavy atom. The van der Waals surface area contributed by atoms with Crippen LogP contribution in [0.3, 0.4) is 0 Å². The van der Waals surface area contributed by atoms with E-state index in [2.05, 4.69) is 24.1 Å². The normalized spacial score (nSPS) is 15.4. The van der Waals surface area contributed by atoms with Gasteiger partial charge < -0.3 is 10.1 Å². The van der Waals surface area contributed by atoms with Crippen molar-refractivity contribution in [3.63, 3.8) is 0 Å². The lowest BCUT2D eigenvalue weighted by Gasteiger charge is -2.25. The summed E-state index contributed by atoms with van der Waals surface area (Å²) in [4.78, 5) is 14.1. The predicted molar refractivity (Wildman–Crippen MR) is 107 cm³/mol. The van der Waals surface area contributed by atoms with E-state index in [1.54, 1.807) is 23.5 Å². The molecule has 27 heavy (non-hydrogen) atoms. The maximum absolute atomic E-state index is 14.0. The number of nitrogens with one attached hydrogen (secondary N) is 1. The van der Waals surface area contributed by atoms with Gasteiger partial charge in [0.2, 0.25) is 0 Å². The molecule has 0 amide bonds. The quantitative estimate of drug-likeness (QED) is 0.721. The number of anilines is 1. The van der Waals surface area contributed by atoms with Crippen LogP contribution in [0, 0.1) is 19.7 Å². The summed E-state index contributed by atoms with van der Waals surface area (Å²) in [6.07, 6.45) is 0. The third kappa shape index (κ3) is 3.95. The average molecular weight is 386 g/mol. The Bertz CT molecular complexity index is 953. The Labute approximate surface area is 162 Å². The van der Waals surface area contributed by atoms with Crippen molar-refractivity contribution in [2.75, 3.05) is 31.6 Å². The van der Waals surface area contributed by atoms with Gasteiger partial charge in [-0.25, -0.2) is 14.4 Å². The number of aromatic nitrogens is 2. The van der Waals surface area contributed by atoms with Gasteiger partial charge in [0.1, 0.15) is 22.3 Å². The van der Waals surface area contributed by atoms with Gasteiger partial charge in [0.15, 0.2) is 0 Å². The van der Waals surface area contributed by atoms with Crippen molar-refractivity contribution >= 4 is 27.4 Å². The Morgan fingerprint density at radius 3 is 2.74 bits per heavy atom. The first-order valence-electron chi connectivity index (χ1n) is 9.16. The predicted octanol–water partition coefficient (Wildman–Crippen LogP) is 3.89. The molecule has 0 radical (unpaired) electrons. The highest BCUT2D eigenvalue weighted by molar-refractivity contribution is 7.18. The lowest BCUT2D eigenvalue weighted by atomic mass is 10.2. The van der Waals surface area contributed by atoms with Crippen LogP contribution in [-0.2, 0) is 17.8 Å². The molecule has 0 aliphatic carbocycles. The number of hydrogen-bond acceptors (Lipinski definition) is 6. The number of rotatable bonds is 5. The number of thiophene rings is 1. The van der Waals surface area contributed by atoms with Gasteiger partial charge in [-0.3, -0.25) is 4.90 Å². The molecule has 3 heterocycles.